The van der Waals surface area contributed by atoms with E-state index in [1.807, 2.05) is 0 Å². The standard InChI is InChI=1S/C7H8N2O2/c8-4-5(7(9)10)6-2-1-3-11-6/h1-3H2,(H2,9,10)/b6-5+. The quantitative estimate of drug-likeness (QED) is 0.426. The van der Waals surface area contributed by atoms with E-state index in [1.54, 1.807) is 6.07 Å². The van der Waals surface area contributed by atoms with E-state index in [0.717, 1.165) is 6.42 Å². The highest BCUT2D eigenvalue weighted by Crippen LogP contribution is 2.19. The fourth-order valence-electron chi connectivity index (χ4n) is 0.952. The van der Waals surface area contributed by atoms with Crippen molar-refractivity contribution in [3.8, 4) is 6.07 Å². The largest absolute Gasteiger partial charge is 0.496 e. The molecule has 1 amide bonds. The average Bonchev–Trinajstić information content (AvgIpc) is 2.40. The number of carbonyl (C=O) groups is 1. The van der Waals surface area contributed by atoms with Crippen molar-refractivity contribution >= 4 is 5.91 Å². The molecule has 0 radical (unpaired) electrons. The maximum atomic E-state index is 10.6. The van der Waals surface area contributed by atoms with Gasteiger partial charge >= 0.3 is 0 Å². The van der Waals surface area contributed by atoms with Gasteiger partial charge in [-0.2, -0.15) is 5.26 Å². The zero-order valence-electron chi connectivity index (χ0n) is 5.96. The second kappa shape index (κ2) is 3.06. The van der Waals surface area contributed by atoms with Gasteiger partial charge in [0.2, 0.25) is 0 Å². The van der Waals surface area contributed by atoms with Crippen molar-refractivity contribution in [3.05, 3.63) is 11.3 Å². The molecule has 1 rings (SSSR count). The highest BCUT2D eigenvalue weighted by atomic mass is 16.5. The number of primary amides is 1. The van der Waals surface area contributed by atoms with E-state index in [2.05, 4.69) is 0 Å². The lowest BCUT2D eigenvalue weighted by molar-refractivity contribution is -0.114. The molecule has 2 N–H and O–H groups in total. The molecule has 58 valence electrons. The number of allylic oxidation sites excluding steroid dienone is 1. The maximum absolute atomic E-state index is 10.6. The van der Waals surface area contributed by atoms with Crippen molar-refractivity contribution in [2.75, 3.05) is 6.61 Å². The summed E-state index contributed by atoms with van der Waals surface area (Å²) < 4.78 is 5.02. The molecule has 4 nitrogen and oxygen atoms in total. The fraction of sp³-hybridized carbons (Fsp3) is 0.429. The fourth-order valence-corrected chi connectivity index (χ4v) is 0.952. The predicted octanol–water partition coefficient (Wildman–Crippen LogP) is 0.0598. The van der Waals surface area contributed by atoms with Gasteiger partial charge in [0.05, 0.1) is 6.61 Å². The van der Waals surface area contributed by atoms with Crippen molar-refractivity contribution in [2.45, 2.75) is 12.8 Å². The zero-order chi connectivity index (χ0) is 8.27. The molecule has 1 aliphatic heterocycles. The summed E-state index contributed by atoms with van der Waals surface area (Å²) in [5.74, 6) is -0.260. The van der Waals surface area contributed by atoms with Crippen LogP contribution in [-0.2, 0) is 9.53 Å². The Morgan fingerprint density at radius 3 is 2.82 bits per heavy atom. The number of hydrogen-bond donors (Lipinski definition) is 1. The third-order valence-corrected chi connectivity index (χ3v) is 1.46. The highest BCUT2D eigenvalue weighted by molar-refractivity contribution is 5.96. The van der Waals surface area contributed by atoms with E-state index >= 15 is 0 Å². The van der Waals surface area contributed by atoms with Crippen LogP contribution in [0.15, 0.2) is 11.3 Å². The lowest BCUT2D eigenvalue weighted by Crippen LogP contribution is -2.14. The van der Waals surface area contributed by atoms with Crippen LogP contribution >= 0.6 is 0 Å². The topological polar surface area (TPSA) is 76.1 Å². The van der Waals surface area contributed by atoms with Gasteiger partial charge in [-0.05, 0) is 6.42 Å². The van der Waals surface area contributed by atoms with Crippen LogP contribution in [0.1, 0.15) is 12.8 Å². The van der Waals surface area contributed by atoms with E-state index in [-0.39, 0.29) is 5.57 Å². The van der Waals surface area contributed by atoms with Gasteiger partial charge in [0, 0.05) is 6.42 Å². The first-order valence-corrected chi connectivity index (χ1v) is 3.31. The van der Waals surface area contributed by atoms with Crippen LogP contribution in [0.25, 0.3) is 0 Å². The minimum atomic E-state index is -0.704. The molecule has 0 aliphatic carbocycles. The van der Waals surface area contributed by atoms with Crippen LogP contribution in [-0.4, -0.2) is 12.5 Å². The van der Waals surface area contributed by atoms with Crippen molar-refractivity contribution in [1.82, 2.24) is 0 Å². The number of ether oxygens (including phenoxy) is 1. The Labute approximate surface area is 64.2 Å². The number of rotatable bonds is 1. The Bertz CT molecular complexity index is 242. The number of carbonyl (C=O) groups excluding carboxylic acids is 1. The lowest BCUT2D eigenvalue weighted by atomic mass is 10.2. The van der Waals surface area contributed by atoms with Gasteiger partial charge in [-0.15, -0.1) is 0 Å². The Morgan fingerprint density at radius 1 is 1.73 bits per heavy atom. The first-order chi connectivity index (χ1) is 5.25. The molecule has 1 saturated heterocycles. The summed E-state index contributed by atoms with van der Waals surface area (Å²) in [6.07, 6.45) is 1.50. The van der Waals surface area contributed by atoms with Gasteiger partial charge in [0.25, 0.3) is 5.91 Å². The Kier molecular flexibility index (Phi) is 2.12. The summed E-state index contributed by atoms with van der Waals surface area (Å²) in [6.45, 7) is 0.577. The molecule has 4 heteroatoms. The van der Waals surface area contributed by atoms with E-state index in [0.29, 0.717) is 18.8 Å². The third kappa shape index (κ3) is 1.49. The molecular weight excluding hydrogens is 144 g/mol. The van der Waals surface area contributed by atoms with Crippen LogP contribution < -0.4 is 5.73 Å². The van der Waals surface area contributed by atoms with Crippen LogP contribution in [0.3, 0.4) is 0 Å². The van der Waals surface area contributed by atoms with Crippen molar-refractivity contribution < 1.29 is 9.53 Å². The van der Waals surface area contributed by atoms with E-state index < -0.39 is 5.91 Å². The Balaban J connectivity index is 2.90. The molecular formula is C7H8N2O2. The molecule has 1 fully saturated rings. The molecule has 0 saturated carbocycles. The highest BCUT2D eigenvalue weighted by Gasteiger charge is 2.17. The summed E-state index contributed by atoms with van der Waals surface area (Å²) in [5.41, 5.74) is 4.89. The van der Waals surface area contributed by atoms with E-state index in [9.17, 15) is 4.79 Å². The molecule has 1 aliphatic rings. The SMILES string of the molecule is N#C/C(C(N)=O)=C1/CCCO1. The first-order valence-electron chi connectivity index (χ1n) is 3.31. The maximum Gasteiger partial charge on any atom is 0.262 e. The Morgan fingerprint density at radius 2 is 2.45 bits per heavy atom. The summed E-state index contributed by atoms with van der Waals surface area (Å²) in [4.78, 5) is 10.6. The molecule has 0 spiro atoms. The van der Waals surface area contributed by atoms with Gasteiger partial charge in [0.1, 0.15) is 11.8 Å². The smallest absolute Gasteiger partial charge is 0.262 e. The van der Waals surface area contributed by atoms with Crippen LogP contribution in [0.2, 0.25) is 0 Å². The zero-order valence-corrected chi connectivity index (χ0v) is 5.96. The van der Waals surface area contributed by atoms with Gasteiger partial charge in [-0.1, -0.05) is 0 Å². The lowest BCUT2D eigenvalue weighted by Gasteiger charge is -1.98. The summed E-state index contributed by atoms with van der Waals surface area (Å²) >= 11 is 0. The van der Waals surface area contributed by atoms with Gasteiger partial charge < -0.3 is 10.5 Å². The summed E-state index contributed by atoms with van der Waals surface area (Å²) in [7, 11) is 0. The second-order valence-corrected chi connectivity index (χ2v) is 2.23. The molecule has 0 atom stereocenters. The molecule has 0 aromatic heterocycles. The molecule has 0 bridgehead atoms. The third-order valence-electron chi connectivity index (χ3n) is 1.46. The molecule has 1 heterocycles. The number of nitrogens with two attached hydrogens (primary N) is 1. The first kappa shape index (κ1) is 7.61. The number of nitriles is 1. The van der Waals surface area contributed by atoms with Crippen molar-refractivity contribution in [3.63, 3.8) is 0 Å². The van der Waals surface area contributed by atoms with Crippen LogP contribution in [0, 0.1) is 11.3 Å². The van der Waals surface area contributed by atoms with Crippen LogP contribution in [0.5, 0.6) is 0 Å². The van der Waals surface area contributed by atoms with Gasteiger partial charge in [0.15, 0.2) is 5.57 Å². The van der Waals surface area contributed by atoms with Crippen molar-refractivity contribution in [2.24, 2.45) is 5.73 Å². The minimum absolute atomic E-state index is 0.0394. The number of hydrogen-bond acceptors (Lipinski definition) is 3. The second-order valence-electron chi connectivity index (χ2n) is 2.23. The predicted molar refractivity (Wildman–Crippen MR) is 37.0 cm³/mol. The minimum Gasteiger partial charge on any atom is -0.496 e. The number of nitrogens with zero attached hydrogens (tertiary/aromatic N) is 1. The summed E-state index contributed by atoms with van der Waals surface area (Å²) in [6, 6.07) is 1.72. The number of amides is 1. The molecule has 0 aromatic carbocycles. The monoisotopic (exact) mass is 152 g/mol. The Hall–Kier alpha value is -1.50. The molecule has 0 unspecified atom stereocenters. The normalized spacial score (nSPS) is 20.3. The van der Waals surface area contributed by atoms with Gasteiger partial charge in [-0.25, -0.2) is 0 Å². The van der Waals surface area contributed by atoms with Gasteiger partial charge in [-0.3, -0.25) is 4.79 Å². The molecule has 11 heavy (non-hydrogen) atoms. The van der Waals surface area contributed by atoms with E-state index in [4.69, 9.17) is 15.7 Å². The van der Waals surface area contributed by atoms with Crippen molar-refractivity contribution in [1.29, 1.82) is 5.26 Å². The average molecular weight is 152 g/mol. The summed E-state index contributed by atoms with van der Waals surface area (Å²) in [5, 5.41) is 8.47. The van der Waals surface area contributed by atoms with Crippen LogP contribution in [0.4, 0.5) is 0 Å². The molecule has 0 aromatic rings. The van der Waals surface area contributed by atoms with E-state index in [1.165, 1.54) is 0 Å².